The molecule has 2 N–H and O–H groups in total. The van der Waals surface area contributed by atoms with Gasteiger partial charge in [-0.25, -0.2) is 9.71 Å². The maximum absolute atomic E-state index is 12.2. The Balaban J connectivity index is 1.69. The number of hydrogen-bond donors (Lipinski definition) is 2. The fraction of sp³-hybridized carbons (Fsp3) is 0.350. The van der Waals surface area contributed by atoms with Crippen molar-refractivity contribution >= 4 is 33.2 Å². The molecule has 0 bridgehead atoms. The molecule has 9 nitrogen and oxygen atoms in total. The van der Waals surface area contributed by atoms with E-state index < -0.39 is 16.1 Å². The lowest BCUT2D eigenvalue weighted by atomic mass is 10.1. The smallest absolute Gasteiger partial charge is 0.283 e. The Morgan fingerprint density at radius 2 is 2.13 bits per heavy atom. The second kappa shape index (κ2) is 8.04. The molecule has 3 aromatic heterocycles. The van der Waals surface area contributed by atoms with Crippen LogP contribution in [0, 0.1) is 0 Å². The van der Waals surface area contributed by atoms with E-state index in [9.17, 15) is 13.2 Å². The van der Waals surface area contributed by atoms with Gasteiger partial charge in [-0.2, -0.15) is 18.2 Å². The first kappa shape index (κ1) is 20.3. The molecule has 1 amide bonds. The number of nitrogens with one attached hydrogen (secondary N) is 2. The number of rotatable bonds is 8. The molecule has 10 heteroatoms. The third kappa shape index (κ3) is 4.14. The van der Waals surface area contributed by atoms with Crippen molar-refractivity contribution in [2.24, 2.45) is 7.05 Å². The summed E-state index contributed by atoms with van der Waals surface area (Å²) in [5, 5.41) is 5.67. The van der Waals surface area contributed by atoms with Gasteiger partial charge in [-0.1, -0.05) is 6.92 Å². The summed E-state index contributed by atoms with van der Waals surface area (Å²) >= 11 is 0. The van der Waals surface area contributed by atoms with Crippen LogP contribution in [-0.4, -0.2) is 40.2 Å². The predicted molar refractivity (Wildman–Crippen MR) is 114 cm³/mol. The van der Waals surface area contributed by atoms with Crippen LogP contribution in [0.3, 0.4) is 0 Å². The molecule has 0 saturated heterocycles. The van der Waals surface area contributed by atoms with Crippen molar-refractivity contribution in [3.05, 3.63) is 47.9 Å². The molecule has 1 saturated carbocycles. The highest BCUT2D eigenvalue weighted by molar-refractivity contribution is 7.88. The second-order valence-corrected chi connectivity index (χ2v) is 8.82. The minimum absolute atomic E-state index is 0.263. The van der Waals surface area contributed by atoms with E-state index in [4.69, 9.17) is 0 Å². The van der Waals surface area contributed by atoms with Gasteiger partial charge >= 0.3 is 10.2 Å². The first-order chi connectivity index (χ1) is 14.4. The van der Waals surface area contributed by atoms with Crippen LogP contribution in [0.15, 0.2) is 36.7 Å². The lowest BCUT2D eigenvalue weighted by Crippen LogP contribution is -2.39. The van der Waals surface area contributed by atoms with Crippen LogP contribution >= 0.6 is 0 Å². The molecule has 0 radical (unpaired) electrons. The van der Waals surface area contributed by atoms with E-state index in [1.807, 2.05) is 52.3 Å². The number of aromatic nitrogens is 4. The van der Waals surface area contributed by atoms with Gasteiger partial charge in [-0.05, 0) is 43.5 Å². The summed E-state index contributed by atoms with van der Waals surface area (Å²) in [5.74, 6) is 0.318. The van der Waals surface area contributed by atoms with Crippen molar-refractivity contribution in [3.8, 4) is 5.82 Å². The number of nitrogens with zero attached hydrogens (tertiary/aromatic N) is 4. The van der Waals surface area contributed by atoms with Gasteiger partial charge in [0.05, 0.1) is 5.69 Å². The molecule has 158 valence electrons. The van der Waals surface area contributed by atoms with E-state index in [-0.39, 0.29) is 6.54 Å². The zero-order valence-electron chi connectivity index (χ0n) is 16.9. The van der Waals surface area contributed by atoms with Crippen LogP contribution in [0.1, 0.15) is 43.4 Å². The molecule has 1 fully saturated rings. The third-order valence-electron chi connectivity index (χ3n) is 4.93. The van der Waals surface area contributed by atoms with Crippen molar-refractivity contribution in [2.75, 3.05) is 6.54 Å². The van der Waals surface area contributed by atoms with Crippen molar-refractivity contribution in [3.63, 3.8) is 0 Å². The maximum Gasteiger partial charge on any atom is 0.301 e. The first-order valence-corrected chi connectivity index (χ1v) is 11.4. The Morgan fingerprint density at radius 1 is 1.33 bits per heavy atom. The lowest BCUT2D eigenvalue weighted by molar-refractivity contribution is -0.114. The molecule has 4 rings (SSSR count). The highest BCUT2D eigenvalue weighted by Gasteiger charge is 2.31. The van der Waals surface area contributed by atoms with Gasteiger partial charge in [0.15, 0.2) is 5.82 Å². The van der Waals surface area contributed by atoms with Crippen LogP contribution in [0.25, 0.3) is 22.9 Å². The summed E-state index contributed by atoms with van der Waals surface area (Å²) in [6.07, 6.45) is 9.24. The fourth-order valence-electron chi connectivity index (χ4n) is 3.45. The molecular weight excluding hydrogens is 404 g/mol. The molecule has 3 heterocycles. The first-order valence-electron chi connectivity index (χ1n) is 9.88. The van der Waals surface area contributed by atoms with E-state index in [1.54, 1.807) is 12.3 Å². The Bertz CT molecular complexity index is 1220. The fourth-order valence-corrected chi connectivity index (χ4v) is 4.33. The van der Waals surface area contributed by atoms with E-state index in [2.05, 4.69) is 14.8 Å². The molecule has 1 aliphatic carbocycles. The van der Waals surface area contributed by atoms with Crippen LogP contribution in [0.5, 0.6) is 0 Å². The summed E-state index contributed by atoms with van der Waals surface area (Å²) in [5.41, 5.74) is 2.58. The molecule has 0 aromatic carbocycles. The van der Waals surface area contributed by atoms with Crippen LogP contribution in [-0.2, 0) is 22.1 Å². The van der Waals surface area contributed by atoms with Gasteiger partial charge in [0, 0.05) is 48.9 Å². The SMILES string of the molecule is CCCNS(=O)(=O)NC(=O)/C=C/c1c(-n2ccc3cccnc32)nn(C)c1C1CC1. The summed E-state index contributed by atoms with van der Waals surface area (Å²) < 4.78 is 31.8. The molecule has 3 aromatic rings. The highest BCUT2D eigenvalue weighted by atomic mass is 32.2. The van der Waals surface area contributed by atoms with Crippen molar-refractivity contribution < 1.29 is 13.2 Å². The summed E-state index contributed by atoms with van der Waals surface area (Å²) in [4.78, 5) is 16.7. The minimum atomic E-state index is -3.88. The standard InChI is InChI=1S/C20H24N6O3S/c1-3-11-22-30(28,29)24-17(27)9-8-16-18(14-6-7-14)25(2)23-20(16)26-13-10-15-5-4-12-21-19(15)26/h4-5,8-10,12-14,22H,3,6-7,11H2,1-2H3,(H,24,27)/b9-8+. The second-order valence-electron chi connectivity index (χ2n) is 7.32. The van der Waals surface area contributed by atoms with Gasteiger partial charge in [-0.15, -0.1) is 0 Å². The Kier molecular flexibility index (Phi) is 5.44. The van der Waals surface area contributed by atoms with Gasteiger partial charge in [0.2, 0.25) is 0 Å². The number of carbonyl (C=O) groups excluding carboxylic acids is 1. The quantitative estimate of drug-likeness (QED) is 0.533. The van der Waals surface area contributed by atoms with E-state index in [1.165, 1.54) is 6.08 Å². The summed E-state index contributed by atoms with van der Waals surface area (Å²) in [6.45, 7) is 2.10. The van der Waals surface area contributed by atoms with Crippen molar-refractivity contribution in [2.45, 2.75) is 32.1 Å². The molecule has 30 heavy (non-hydrogen) atoms. The third-order valence-corrected chi connectivity index (χ3v) is 5.98. The number of pyridine rings is 1. The molecule has 0 aliphatic heterocycles. The molecule has 0 spiro atoms. The number of amides is 1. The monoisotopic (exact) mass is 428 g/mol. The van der Waals surface area contributed by atoms with Crippen molar-refractivity contribution in [1.29, 1.82) is 0 Å². The maximum atomic E-state index is 12.2. The Morgan fingerprint density at radius 3 is 2.87 bits per heavy atom. The number of aryl methyl sites for hydroxylation is 1. The number of hydrogen-bond acceptors (Lipinski definition) is 5. The summed E-state index contributed by atoms with van der Waals surface area (Å²) in [7, 11) is -1.99. The topological polar surface area (TPSA) is 111 Å². The largest absolute Gasteiger partial charge is 0.301 e. The molecular formula is C20H24N6O3S. The Hall–Kier alpha value is -2.98. The van der Waals surface area contributed by atoms with Crippen LogP contribution < -0.4 is 9.44 Å². The van der Waals surface area contributed by atoms with Gasteiger partial charge in [0.25, 0.3) is 5.91 Å². The van der Waals surface area contributed by atoms with Gasteiger partial charge < -0.3 is 0 Å². The van der Waals surface area contributed by atoms with Gasteiger partial charge in [-0.3, -0.25) is 14.0 Å². The molecule has 1 aliphatic rings. The highest BCUT2D eigenvalue weighted by Crippen LogP contribution is 2.43. The van der Waals surface area contributed by atoms with E-state index >= 15 is 0 Å². The van der Waals surface area contributed by atoms with Crippen LogP contribution in [0.4, 0.5) is 0 Å². The zero-order chi connectivity index (χ0) is 21.3. The van der Waals surface area contributed by atoms with Crippen LogP contribution in [0.2, 0.25) is 0 Å². The molecule has 0 unspecified atom stereocenters. The normalized spacial score (nSPS) is 14.6. The Labute approximate surface area is 175 Å². The minimum Gasteiger partial charge on any atom is -0.283 e. The van der Waals surface area contributed by atoms with Crippen molar-refractivity contribution in [1.82, 2.24) is 28.8 Å². The van der Waals surface area contributed by atoms with E-state index in [0.717, 1.165) is 35.1 Å². The average molecular weight is 429 g/mol. The number of carbonyl (C=O) groups is 1. The van der Waals surface area contributed by atoms with E-state index in [0.29, 0.717) is 18.2 Å². The summed E-state index contributed by atoms with van der Waals surface area (Å²) in [6, 6.07) is 5.81. The van der Waals surface area contributed by atoms with Gasteiger partial charge in [0.1, 0.15) is 5.65 Å². The lowest BCUT2D eigenvalue weighted by Gasteiger charge is -2.06. The zero-order valence-corrected chi connectivity index (χ0v) is 17.7. The number of fused-ring (bicyclic) bond motifs is 1. The average Bonchev–Trinajstić information content (AvgIpc) is 3.36. The predicted octanol–water partition coefficient (Wildman–Crippen LogP) is 2.01. The molecule has 0 atom stereocenters.